The number of amides is 1. The number of carbonyl (C=O) groups is 1. The fourth-order valence-electron chi connectivity index (χ4n) is 1.41. The van der Waals surface area contributed by atoms with Crippen molar-refractivity contribution in [1.82, 2.24) is 0 Å². The third kappa shape index (κ3) is 6.13. The Labute approximate surface area is 109 Å². The van der Waals surface area contributed by atoms with Gasteiger partial charge in [0, 0.05) is 12.2 Å². The Morgan fingerprint density at radius 1 is 1.28 bits per heavy atom. The molecule has 1 aromatic rings. The van der Waals surface area contributed by atoms with Crippen molar-refractivity contribution in [3.05, 3.63) is 24.3 Å². The Balaban J connectivity index is 2.38. The van der Waals surface area contributed by atoms with Gasteiger partial charge in [0.2, 0.25) is 0 Å². The fourth-order valence-corrected chi connectivity index (χ4v) is 1.41. The zero-order chi connectivity index (χ0) is 13.6. The van der Waals surface area contributed by atoms with Gasteiger partial charge in [0.25, 0.3) is 5.91 Å². The van der Waals surface area contributed by atoms with E-state index >= 15 is 0 Å². The Bertz CT molecular complexity index is 380. The predicted octanol–water partition coefficient (Wildman–Crippen LogP) is 2.40. The first kappa shape index (κ1) is 14.4. The molecule has 1 aromatic carbocycles. The molecule has 4 nitrogen and oxygen atoms in total. The Hall–Kier alpha value is -1.71. The van der Waals surface area contributed by atoms with E-state index in [0.717, 1.165) is 18.7 Å². The first-order chi connectivity index (χ1) is 8.37. The molecule has 0 aliphatic rings. The highest BCUT2D eigenvalue weighted by atomic mass is 16.5. The number of hydrogen-bond acceptors (Lipinski definition) is 3. The average molecular weight is 250 g/mol. The van der Waals surface area contributed by atoms with Crippen LogP contribution in [0.15, 0.2) is 24.3 Å². The number of nitrogens with two attached hydrogens (primary N) is 1. The minimum absolute atomic E-state index is 0.0865. The molecule has 0 aliphatic carbocycles. The molecule has 0 saturated carbocycles. The summed E-state index contributed by atoms with van der Waals surface area (Å²) in [4.78, 5) is 10.6. The first-order valence-corrected chi connectivity index (χ1v) is 6.12. The van der Waals surface area contributed by atoms with Crippen LogP contribution in [0.2, 0.25) is 0 Å². The third-order valence-corrected chi connectivity index (χ3v) is 2.44. The predicted molar refractivity (Wildman–Crippen MR) is 73.7 cm³/mol. The molecule has 0 aromatic heterocycles. The van der Waals surface area contributed by atoms with Gasteiger partial charge in [0.05, 0.1) is 0 Å². The molecular weight excluding hydrogens is 228 g/mol. The summed E-state index contributed by atoms with van der Waals surface area (Å²) < 4.78 is 5.18. The summed E-state index contributed by atoms with van der Waals surface area (Å²) in [7, 11) is 0. The minimum Gasteiger partial charge on any atom is -0.484 e. The van der Waals surface area contributed by atoms with Crippen LogP contribution >= 0.6 is 0 Å². The van der Waals surface area contributed by atoms with E-state index in [4.69, 9.17) is 10.5 Å². The summed E-state index contributed by atoms with van der Waals surface area (Å²) in [5.74, 6) is 0.178. The zero-order valence-corrected chi connectivity index (χ0v) is 11.3. The molecule has 0 atom stereocenters. The number of anilines is 1. The van der Waals surface area contributed by atoms with Crippen molar-refractivity contribution in [2.24, 2.45) is 11.1 Å². The van der Waals surface area contributed by atoms with E-state index in [1.165, 1.54) is 0 Å². The normalized spacial score (nSPS) is 11.1. The maximum Gasteiger partial charge on any atom is 0.255 e. The van der Waals surface area contributed by atoms with E-state index in [2.05, 4.69) is 26.1 Å². The number of ether oxygens (including phenoxy) is 1. The third-order valence-electron chi connectivity index (χ3n) is 2.44. The second-order valence-corrected chi connectivity index (χ2v) is 5.52. The molecule has 0 radical (unpaired) electrons. The molecule has 1 amide bonds. The van der Waals surface area contributed by atoms with Crippen LogP contribution in [0.4, 0.5) is 5.69 Å². The summed E-state index contributed by atoms with van der Waals surface area (Å²) in [6.45, 7) is 7.50. The molecule has 3 N–H and O–H groups in total. The summed E-state index contributed by atoms with van der Waals surface area (Å²) in [5, 5.41) is 3.35. The molecule has 0 aliphatic heterocycles. The van der Waals surface area contributed by atoms with Gasteiger partial charge in [-0.3, -0.25) is 4.79 Å². The topological polar surface area (TPSA) is 64.3 Å². The van der Waals surface area contributed by atoms with Crippen molar-refractivity contribution in [1.29, 1.82) is 0 Å². The summed E-state index contributed by atoms with van der Waals surface area (Å²) in [6.07, 6.45) is 1.10. The molecule has 1 rings (SSSR count). The van der Waals surface area contributed by atoms with Crippen molar-refractivity contribution in [2.45, 2.75) is 27.2 Å². The summed E-state index contributed by atoms with van der Waals surface area (Å²) in [6, 6.07) is 7.50. The fraction of sp³-hybridized carbons (Fsp3) is 0.500. The van der Waals surface area contributed by atoms with E-state index in [1.54, 1.807) is 0 Å². The average Bonchev–Trinajstić information content (AvgIpc) is 2.26. The standard InChI is InChI=1S/C14H22N2O2/c1-14(2,3)8-9-16-11-4-6-12(7-5-11)18-10-13(15)17/h4-7,16H,8-10H2,1-3H3,(H2,15,17). The molecule has 0 saturated heterocycles. The van der Waals surface area contributed by atoms with E-state index < -0.39 is 5.91 Å². The highest BCUT2D eigenvalue weighted by molar-refractivity contribution is 5.75. The molecule has 18 heavy (non-hydrogen) atoms. The SMILES string of the molecule is CC(C)(C)CCNc1ccc(OCC(N)=O)cc1. The van der Waals surface area contributed by atoms with Crippen molar-refractivity contribution in [2.75, 3.05) is 18.5 Å². The number of benzene rings is 1. The molecule has 0 heterocycles. The molecule has 0 fully saturated rings. The summed E-state index contributed by atoms with van der Waals surface area (Å²) in [5.41, 5.74) is 6.38. The van der Waals surface area contributed by atoms with Gasteiger partial charge >= 0.3 is 0 Å². The number of nitrogens with one attached hydrogen (secondary N) is 1. The van der Waals surface area contributed by atoms with Gasteiger partial charge < -0.3 is 15.8 Å². The Morgan fingerprint density at radius 3 is 2.39 bits per heavy atom. The lowest BCUT2D eigenvalue weighted by atomic mass is 9.92. The van der Waals surface area contributed by atoms with Gasteiger partial charge in [-0.1, -0.05) is 20.8 Å². The largest absolute Gasteiger partial charge is 0.484 e. The highest BCUT2D eigenvalue weighted by Gasteiger charge is 2.08. The van der Waals surface area contributed by atoms with Crippen LogP contribution in [0.5, 0.6) is 5.75 Å². The van der Waals surface area contributed by atoms with Crippen LogP contribution in [0.1, 0.15) is 27.2 Å². The Kier molecular flexibility index (Phi) is 5.01. The molecule has 100 valence electrons. The van der Waals surface area contributed by atoms with Crippen molar-refractivity contribution in [3.63, 3.8) is 0 Å². The Morgan fingerprint density at radius 2 is 1.89 bits per heavy atom. The van der Waals surface area contributed by atoms with Gasteiger partial charge in [-0.05, 0) is 36.1 Å². The van der Waals surface area contributed by atoms with Gasteiger partial charge in [-0.25, -0.2) is 0 Å². The van der Waals surface area contributed by atoms with Crippen LogP contribution in [-0.2, 0) is 4.79 Å². The van der Waals surface area contributed by atoms with Gasteiger partial charge in [-0.15, -0.1) is 0 Å². The second kappa shape index (κ2) is 6.28. The number of hydrogen-bond donors (Lipinski definition) is 2. The lowest BCUT2D eigenvalue weighted by Crippen LogP contribution is -2.20. The van der Waals surface area contributed by atoms with Crippen LogP contribution in [0.25, 0.3) is 0 Å². The molecule has 0 spiro atoms. The van der Waals surface area contributed by atoms with E-state index in [1.807, 2.05) is 24.3 Å². The van der Waals surface area contributed by atoms with E-state index in [0.29, 0.717) is 11.2 Å². The summed E-state index contributed by atoms with van der Waals surface area (Å²) >= 11 is 0. The van der Waals surface area contributed by atoms with Gasteiger partial charge in [0.1, 0.15) is 5.75 Å². The van der Waals surface area contributed by atoms with Crippen LogP contribution in [0.3, 0.4) is 0 Å². The van der Waals surface area contributed by atoms with Gasteiger partial charge in [-0.2, -0.15) is 0 Å². The number of carbonyl (C=O) groups excluding carboxylic acids is 1. The van der Waals surface area contributed by atoms with Crippen molar-refractivity contribution < 1.29 is 9.53 Å². The molecule has 4 heteroatoms. The zero-order valence-electron chi connectivity index (χ0n) is 11.3. The monoisotopic (exact) mass is 250 g/mol. The molecule has 0 bridgehead atoms. The maximum atomic E-state index is 10.6. The quantitative estimate of drug-likeness (QED) is 0.814. The lowest BCUT2D eigenvalue weighted by molar-refractivity contribution is -0.119. The number of primary amides is 1. The maximum absolute atomic E-state index is 10.6. The lowest BCUT2D eigenvalue weighted by Gasteiger charge is -2.18. The molecular formula is C14H22N2O2. The van der Waals surface area contributed by atoms with Crippen molar-refractivity contribution in [3.8, 4) is 5.75 Å². The second-order valence-electron chi connectivity index (χ2n) is 5.52. The van der Waals surface area contributed by atoms with Crippen molar-refractivity contribution >= 4 is 11.6 Å². The molecule has 0 unspecified atom stereocenters. The highest BCUT2D eigenvalue weighted by Crippen LogP contribution is 2.19. The van der Waals surface area contributed by atoms with Crippen LogP contribution in [0, 0.1) is 5.41 Å². The minimum atomic E-state index is -0.470. The van der Waals surface area contributed by atoms with E-state index in [9.17, 15) is 4.79 Å². The van der Waals surface area contributed by atoms with Crippen LogP contribution < -0.4 is 15.8 Å². The number of rotatable bonds is 6. The smallest absolute Gasteiger partial charge is 0.255 e. The van der Waals surface area contributed by atoms with E-state index in [-0.39, 0.29) is 6.61 Å². The van der Waals surface area contributed by atoms with Gasteiger partial charge in [0.15, 0.2) is 6.61 Å². The van der Waals surface area contributed by atoms with Crippen LogP contribution in [-0.4, -0.2) is 19.1 Å². The first-order valence-electron chi connectivity index (χ1n) is 6.12.